The molecular formula is C17H20F3N3O2. The van der Waals surface area contributed by atoms with Crippen molar-refractivity contribution in [3.8, 4) is 11.4 Å². The lowest BCUT2D eigenvalue weighted by Gasteiger charge is -2.18. The van der Waals surface area contributed by atoms with Gasteiger partial charge >= 0.3 is 12.1 Å². The van der Waals surface area contributed by atoms with Crippen LogP contribution in [0.25, 0.3) is 5.69 Å². The minimum Gasteiger partial charge on any atom is -0.491 e. The first-order chi connectivity index (χ1) is 11.8. The molecule has 0 aliphatic carbocycles. The van der Waals surface area contributed by atoms with Gasteiger partial charge in [-0.15, -0.1) is 0 Å². The van der Waals surface area contributed by atoms with Crippen LogP contribution in [0.3, 0.4) is 0 Å². The molecule has 0 bridgehead atoms. The molecule has 2 aromatic rings. The predicted octanol–water partition coefficient (Wildman–Crippen LogP) is 3.79. The third-order valence-electron chi connectivity index (χ3n) is 3.60. The number of nitrogens with zero attached hydrogens (tertiary/aromatic N) is 2. The highest BCUT2D eigenvalue weighted by molar-refractivity contribution is 5.82. The Kier molecular flexibility index (Phi) is 6.06. The molecule has 1 N–H and O–H groups in total. The fourth-order valence-corrected chi connectivity index (χ4v) is 2.20. The normalized spacial score (nSPS) is 12.7. The van der Waals surface area contributed by atoms with Crippen molar-refractivity contribution < 1.29 is 22.7 Å². The molecule has 0 unspecified atom stereocenters. The Morgan fingerprint density at radius 3 is 2.76 bits per heavy atom. The van der Waals surface area contributed by atoms with E-state index in [2.05, 4.69) is 5.10 Å². The molecule has 0 aliphatic rings. The minimum atomic E-state index is -4.91. The van der Waals surface area contributed by atoms with Gasteiger partial charge in [-0.1, -0.05) is 19.4 Å². The first kappa shape index (κ1) is 18.8. The molecule has 0 saturated heterocycles. The number of aromatic nitrogens is 2. The molecule has 0 fully saturated rings. The fraction of sp³-hybridized carbons (Fsp3) is 0.412. The van der Waals surface area contributed by atoms with E-state index in [0.29, 0.717) is 23.6 Å². The zero-order valence-corrected chi connectivity index (χ0v) is 14.0. The van der Waals surface area contributed by atoms with Gasteiger partial charge in [-0.2, -0.15) is 18.3 Å². The van der Waals surface area contributed by atoms with Gasteiger partial charge in [0.15, 0.2) is 0 Å². The maximum Gasteiger partial charge on any atom is 0.471 e. The second-order valence-electron chi connectivity index (χ2n) is 5.57. The van der Waals surface area contributed by atoms with Gasteiger partial charge in [-0.3, -0.25) is 4.79 Å². The van der Waals surface area contributed by atoms with Crippen LogP contribution in [0.5, 0.6) is 5.75 Å². The van der Waals surface area contributed by atoms with Crippen LogP contribution in [-0.2, 0) is 4.79 Å². The summed E-state index contributed by atoms with van der Waals surface area (Å²) in [6.07, 6.45) is 0.258. The van der Waals surface area contributed by atoms with Gasteiger partial charge in [-0.05, 0) is 37.1 Å². The summed E-state index contributed by atoms with van der Waals surface area (Å²) >= 11 is 0. The maximum atomic E-state index is 12.4. The van der Waals surface area contributed by atoms with E-state index in [1.807, 2.05) is 12.2 Å². The fourth-order valence-electron chi connectivity index (χ4n) is 2.20. The molecule has 0 radical (unpaired) electrons. The Labute approximate surface area is 143 Å². The van der Waals surface area contributed by atoms with Gasteiger partial charge in [-0.25, -0.2) is 4.68 Å². The number of carbonyl (C=O) groups excluding carboxylic acids is 1. The van der Waals surface area contributed by atoms with E-state index in [4.69, 9.17) is 4.74 Å². The van der Waals surface area contributed by atoms with E-state index in [0.717, 1.165) is 12.8 Å². The number of carbonyl (C=O) groups is 1. The van der Waals surface area contributed by atoms with Crippen molar-refractivity contribution in [3.05, 3.63) is 42.2 Å². The zero-order chi connectivity index (χ0) is 18.4. The van der Waals surface area contributed by atoms with Crippen molar-refractivity contribution in [3.63, 3.8) is 0 Å². The van der Waals surface area contributed by atoms with E-state index >= 15 is 0 Å². The highest BCUT2D eigenvalue weighted by atomic mass is 19.4. The largest absolute Gasteiger partial charge is 0.491 e. The van der Waals surface area contributed by atoms with Gasteiger partial charge in [0.05, 0.1) is 12.6 Å². The number of hydrogen-bond acceptors (Lipinski definition) is 3. The third kappa shape index (κ3) is 4.98. The first-order valence-electron chi connectivity index (χ1n) is 7.97. The van der Waals surface area contributed by atoms with Crippen LogP contribution in [0.15, 0.2) is 36.7 Å². The number of amides is 1. The molecule has 1 amide bonds. The Hall–Kier alpha value is -2.51. The molecule has 8 heteroatoms. The van der Waals surface area contributed by atoms with Crippen LogP contribution < -0.4 is 10.1 Å². The quantitative estimate of drug-likeness (QED) is 0.769. The second kappa shape index (κ2) is 8.04. The van der Waals surface area contributed by atoms with Crippen LogP contribution in [0.4, 0.5) is 13.2 Å². The van der Waals surface area contributed by atoms with E-state index in [1.54, 1.807) is 41.3 Å². The molecule has 25 heavy (non-hydrogen) atoms. The molecule has 0 aliphatic heterocycles. The summed E-state index contributed by atoms with van der Waals surface area (Å²) in [5, 5.41) is 6.09. The van der Waals surface area contributed by atoms with E-state index < -0.39 is 18.1 Å². The minimum absolute atomic E-state index is 0.484. The Morgan fingerprint density at radius 2 is 2.16 bits per heavy atom. The molecule has 5 nitrogen and oxygen atoms in total. The van der Waals surface area contributed by atoms with Crippen LogP contribution in [0, 0.1) is 0 Å². The lowest BCUT2D eigenvalue weighted by molar-refractivity contribution is -0.174. The Bertz CT molecular complexity index is 700. The van der Waals surface area contributed by atoms with Crippen molar-refractivity contribution in [1.29, 1.82) is 0 Å². The summed E-state index contributed by atoms with van der Waals surface area (Å²) in [6.45, 7) is 4.00. The summed E-state index contributed by atoms with van der Waals surface area (Å²) in [5.41, 5.74) is 1.19. The molecule has 0 saturated carbocycles. The first-order valence-corrected chi connectivity index (χ1v) is 7.97. The van der Waals surface area contributed by atoms with Crippen LogP contribution >= 0.6 is 0 Å². The van der Waals surface area contributed by atoms with E-state index in [-0.39, 0.29) is 0 Å². The van der Waals surface area contributed by atoms with E-state index in [1.165, 1.54) is 6.92 Å². The van der Waals surface area contributed by atoms with E-state index in [9.17, 15) is 18.0 Å². The molecule has 1 atom stereocenters. The van der Waals surface area contributed by atoms with Crippen molar-refractivity contribution in [2.45, 2.75) is 38.9 Å². The number of unbranched alkanes of at least 4 members (excludes halogenated alkanes) is 1. The number of hydrogen-bond donors (Lipinski definition) is 1. The predicted molar refractivity (Wildman–Crippen MR) is 86.6 cm³/mol. The SMILES string of the molecule is CCCCOc1cc([C@@H](C)NC(=O)C(F)(F)F)ccc1-n1cccn1. The summed E-state index contributed by atoms with van der Waals surface area (Å²) < 4.78 is 44.6. The standard InChI is InChI=1S/C17H20F3N3O2/c1-3-4-10-25-15-11-13(12(2)22-16(24)17(18,19)20)6-7-14(15)23-9-5-8-21-23/h5-9,11-12H,3-4,10H2,1-2H3,(H,22,24)/t12-/m1/s1. The van der Waals surface area contributed by atoms with Crippen LogP contribution in [0.2, 0.25) is 0 Å². The van der Waals surface area contributed by atoms with Crippen molar-refractivity contribution in [2.24, 2.45) is 0 Å². The van der Waals surface area contributed by atoms with Crippen LogP contribution in [0.1, 0.15) is 38.3 Å². The molecule has 1 aromatic carbocycles. The molecule has 136 valence electrons. The van der Waals surface area contributed by atoms with Gasteiger partial charge < -0.3 is 10.1 Å². The molecule has 1 aromatic heterocycles. The highest BCUT2D eigenvalue weighted by Gasteiger charge is 2.39. The number of benzene rings is 1. The summed E-state index contributed by atoms with van der Waals surface area (Å²) in [7, 11) is 0. The average Bonchev–Trinajstić information content (AvgIpc) is 3.08. The average molecular weight is 355 g/mol. The summed E-state index contributed by atoms with van der Waals surface area (Å²) in [6, 6.07) is 5.93. The number of halogens is 3. The summed E-state index contributed by atoms with van der Waals surface area (Å²) in [5.74, 6) is -1.47. The highest BCUT2D eigenvalue weighted by Crippen LogP contribution is 2.28. The van der Waals surface area contributed by atoms with Crippen LogP contribution in [-0.4, -0.2) is 28.5 Å². The maximum absolute atomic E-state index is 12.4. The number of rotatable bonds is 7. The number of alkyl halides is 3. The Balaban J connectivity index is 2.25. The monoisotopic (exact) mass is 355 g/mol. The third-order valence-corrected chi connectivity index (χ3v) is 3.60. The number of ether oxygens (including phenoxy) is 1. The lowest BCUT2D eigenvalue weighted by Crippen LogP contribution is -2.38. The molecular weight excluding hydrogens is 335 g/mol. The smallest absolute Gasteiger partial charge is 0.471 e. The molecule has 2 rings (SSSR count). The van der Waals surface area contributed by atoms with Crippen molar-refractivity contribution in [2.75, 3.05) is 6.61 Å². The number of nitrogens with one attached hydrogen (secondary N) is 1. The Morgan fingerprint density at radius 1 is 1.40 bits per heavy atom. The van der Waals surface area contributed by atoms with Crippen molar-refractivity contribution >= 4 is 5.91 Å². The molecule has 1 heterocycles. The van der Waals surface area contributed by atoms with Crippen molar-refractivity contribution in [1.82, 2.24) is 15.1 Å². The zero-order valence-electron chi connectivity index (χ0n) is 14.0. The van der Waals surface area contributed by atoms with Gasteiger partial charge in [0.1, 0.15) is 11.4 Å². The van der Waals surface area contributed by atoms with Gasteiger partial charge in [0, 0.05) is 12.4 Å². The summed E-state index contributed by atoms with van der Waals surface area (Å²) in [4.78, 5) is 11.1. The topological polar surface area (TPSA) is 56.1 Å². The second-order valence-corrected chi connectivity index (χ2v) is 5.57. The lowest BCUT2D eigenvalue weighted by atomic mass is 10.1. The molecule has 0 spiro atoms. The van der Waals surface area contributed by atoms with Gasteiger partial charge in [0.2, 0.25) is 0 Å². The van der Waals surface area contributed by atoms with Gasteiger partial charge in [0.25, 0.3) is 0 Å².